The molecule has 118 valence electrons. The van der Waals surface area contributed by atoms with Gasteiger partial charge in [0.2, 0.25) is 5.91 Å². The smallest absolute Gasteiger partial charge is 0.224 e. The zero-order valence-corrected chi connectivity index (χ0v) is 12.9. The fourth-order valence-corrected chi connectivity index (χ4v) is 2.65. The highest BCUT2D eigenvalue weighted by Crippen LogP contribution is 2.29. The first-order valence-corrected chi connectivity index (χ1v) is 7.98. The molecule has 1 aromatic rings. The van der Waals surface area contributed by atoms with Crippen molar-refractivity contribution in [3.63, 3.8) is 0 Å². The minimum Gasteiger partial charge on any atom is -0.379 e. The number of anilines is 2. The Kier molecular flexibility index (Phi) is 4.68. The number of amides is 1. The first kappa shape index (κ1) is 15.0. The van der Waals surface area contributed by atoms with Gasteiger partial charge in [-0.1, -0.05) is 19.4 Å². The van der Waals surface area contributed by atoms with Crippen molar-refractivity contribution in [3.8, 4) is 0 Å². The quantitative estimate of drug-likeness (QED) is 0.873. The number of ether oxygens (including phenoxy) is 1. The lowest BCUT2D eigenvalue weighted by molar-refractivity contribution is -0.116. The lowest BCUT2D eigenvalue weighted by Gasteiger charge is -2.21. The van der Waals surface area contributed by atoms with E-state index in [2.05, 4.69) is 33.6 Å². The summed E-state index contributed by atoms with van der Waals surface area (Å²) in [6.07, 6.45) is 8.25. The average Bonchev–Trinajstić information content (AvgIpc) is 3.01. The van der Waals surface area contributed by atoms with E-state index < -0.39 is 0 Å². The molecule has 2 N–H and O–H groups in total. The SMILES string of the molecule is CCC/C=C/c1nc2c(c(NC3CCOC3)n1)NC(=O)CC2. The van der Waals surface area contributed by atoms with Crippen LogP contribution in [0.1, 0.15) is 44.1 Å². The number of carbonyl (C=O) groups is 1. The molecule has 2 aliphatic heterocycles. The molecule has 2 aliphatic rings. The highest BCUT2D eigenvalue weighted by atomic mass is 16.5. The molecule has 0 bridgehead atoms. The molecule has 3 heterocycles. The minimum atomic E-state index is 0.0242. The predicted octanol–water partition coefficient (Wildman–Crippen LogP) is 2.38. The van der Waals surface area contributed by atoms with Gasteiger partial charge in [-0.3, -0.25) is 4.79 Å². The molecular formula is C16H22N4O2. The van der Waals surface area contributed by atoms with Crippen LogP contribution in [0.5, 0.6) is 0 Å². The van der Waals surface area contributed by atoms with E-state index in [1.165, 1.54) is 0 Å². The Morgan fingerprint density at radius 1 is 1.41 bits per heavy atom. The summed E-state index contributed by atoms with van der Waals surface area (Å²) in [5.41, 5.74) is 1.64. The first-order chi connectivity index (χ1) is 10.8. The summed E-state index contributed by atoms with van der Waals surface area (Å²) < 4.78 is 5.40. The van der Waals surface area contributed by atoms with Crippen molar-refractivity contribution in [2.75, 3.05) is 23.8 Å². The Labute approximate surface area is 130 Å². The number of fused-ring (bicyclic) bond motifs is 1. The minimum absolute atomic E-state index is 0.0242. The van der Waals surface area contributed by atoms with Crippen LogP contribution in [0, 0.1) is 0 Å². The topological polar surface area (TPSA) is 76.1 Å². The van der Waals surface area contributed by atoms with Crippen LogP contribution in [-0.4, -0.2) is 35.1 Å². The third-order valence-corrected chi connectivity index (χ3v) is 3.85. The van der Waals surface area contributed by atoms with Crippen LogP contribution in [0.4, 0.5) is 11.5 Å². The highest BCUT2D eigenvalue weighted by Gasteiger charge is 2.24. The first-order valence-electron chi connectivity index (χ1n) is 7.98. The summed E-state index contributed by atoms with van der Waals surface area (Å²) in [7, 11) is 0. The van der Waals surface area contributed by atoms with Crippen LogP contribution >= 0.6 is 0 Å². The molecule has 1 amide bonds. The molecule has 22 heavy (non-hydrogen) atoms. The number of carbonyl (C=O) groups excluding carboxylic acids is 1. The maximum Gasteiger partial charge on any atom is 0.224 e. The third-order valence-electron chi connectivity index (χ3n) is 3.85. The monoisotopic (exact) mass is 302 g/mol. The number of hydrogen-bond donors (Lipinski definition) is 2. The van der Waals surface area contributed by atoms with Crippen molar-refractivity contribution in [2.45, 2.75) is 45.1 Å². The number of aryl methyl sites for hydroxylation is 1. The second-order valence-corrected chi connectivity index (χ2v) is 5.70. The normalized spacial score (nSPS) is 21.0. The molecule has 1 fully saturated rings. The molecule has 1 unspecified atom stereocenters. The van der Waals surface area contributed by atoms with E-state index >= 15 is 0 Å². The molecule has 1 atom stereocenters. The molecule has 6 heteroatoms. The molecule has 0 radical (unpaired) electrons. The third kappa shape index (κ3) is 3.44. The van der Waals surface area contributed by atoms with Crippen LogP contribution in [0.3, 0.4) is 0 Å². The second-order valence-electron chi connectivity index (χ2n) is 5.70. The zero-order chi connectivity index (χ0) is 15.4. The van der Waals surface area contributed by atoms with Crippen molar-refractivity contribution < 1.29 is 9.53 Å². The fraction of sp³-hybridized carbons (Fsp3) is 0.562. The van der Waals surface area contributed by atoms with E-state index in [4.69, 9.17) is 4.74 Å². The maximum absolute atomic E-state index is 11.7. The van der Waals surface area contributed by atoms with Gasteiger partial charge in [-0.25, -0.2) is 9.97 Å². The Bertz CT molecular complexity index is 580. The van der Waals surface area contributed by atoms with Crippen LogP contribution in [-0.2, 0) is 16.0 Å². The fourth-order valence-electron chi connectivity index (χ4n) is 2.65. The number of allylic oxidation sites excluding steroid dienone is 1. The highest BCUT2D eigenvalue weighted by molar-refractivity contribution is 5.96. The van der Waals surface area contributed by atoms with Crippen LogP contribution in [0.15, 0.2) is 6.08 Å². The van der Waals surface area contributed by atoms with E-state index in [1.807, 2.05) is 6.08 Å². The van der Waals surface area contributed by atoms with Crippen LogP contribution in [0.2, 0.25) is 0 Å². The summed E-state index contributed by atoms with van der Waals surface area (Å²) in [5.74, 6) is 1.44. The number of nitrogens with one attached hydrogen (secondary N) is 2. The largest absolute Gasteiger partial charge is 0.379 e. The van der Waals surface area contributed by atoms with Gasteiger partial charge in [0, 0.05) is 19.4 Å². The Morgan fingerprint density at radius 2 is 2.32 bits per heavy atom. The van der Waals surface area contributed by atoms with Crippen molar-refractivity contribution in [1.29, 1.82) is 0 Å². The molecule has 6 nitrogen and oxygen atoms in total. The van der Waals surface area contributed by atoms with Gasteiger partial charge >= 0.3 is 0 Å². The van der Waals surface area contributed by atoms with Gasteiger partial charge in [-0.2, -0.15) is 0 Å². The number of nitrogens with zero attached hydrogens (tertiary/aromatic N) is 2. The van der Waals surface area contributed by atoms with E-state index in [0.29, 0.717) is 31.1 Å². The Morgan fingerprint density at radius 3 is 3.09 bits per heavy atom. The summed E-state index contributed by atoms with van der Waals surface area (Å²) in [4.78, 5) is 20.8. The predicted molar refractivity (Wildman–Crippen MR) is 85.8 cm³/mol. The number of unbranched alkanes of at least 4 members (excludes halogenated alkanes) is 1. The standard InChI is InChI=1S/C16H22N4O2/c1-2-3-4-5-13-18-12-6-7-14(21)20-15(12)16(19-13)17-11-8-9-22-10-11/h4-5,11H,2-3,6-10H2,1H3,(H,20,21)(H,17,18,19)/b5-4+. The number of aromatic nitrogens is 2. The molecule has 1 saturated heterocycles. The van der Waals surface area contributed by atoms with Gasteiger partial charge in [0.25, 0.3) is 0 Å². The average molecular weight is 302 g/mol. The Balaban J connectivity index is 1.89. The summed E-state index contributed by atoms with van der Waals surface area (Å²) in [5, 5.41) is 6.30. The van der Waals surface area contributed by atoms with Crippen LogP contribution < -0.4 is 10.6 Å². The maximum atomic E-state index is 11.7. The van der Waals surface area contributed by atoms with Gasteiger partial charge in [0.15, 0.2) is 11.6 Å². The van der Waals surface area contributed by atoms with Crippen molar-refractivity contribution in [3.05, 3.63) is 17.6 Å². The van der Waals surface area contributed by atoms with Gasteiger partial charge in [-0.05, 0) is 18.9 Å². The van der Waals surface area contributed by atoms with Gasteiger partial charge in [0.05, 0.1) is 18.3 Å². The summed E-state index contributed by atoms with van der Waals surface area (Å²) >= 11 is 0. The molecule has 0 aliphatic carbocycles. The second kappa shape index (κ2) is 6.87. The van der Waals surface area contributed by atoms with E-state index in [0.717, 1.165) is 37.3 Å². The van der Waals surface area contributed by atoms with E-state index in [9.17, 15) is 4.79 Å². The number of hydrogen-bond acceptors (Lipinski definition) is 5. The molecule has 0 spiro atoms. The lowest BCUT2D eigenvalue weighted by atomic mass is 10.1. The summed E-state index contributed by atoms with van der Waals surface area (Å²) in [6, 6.07) is 0.241. The van der Waals surface area contributed by atoms with Gasteiger partial charge in [0.1, 0.15) is 5.69 Å². The van der Waals surface area contributed by atoms with E-state index in [1.54, 1.807) is 0 Å². The molecule has 3 rings (SSSR count). The van der Waals surface area contributed by atoms with E-state index in [-0.39, 0.29) is 11.9 Å². The number of rotatable bonds is 5. The van der Waals surface area contributed by atoms with Gasteiger partial charge < -0.3 is 15.4 Å². The lowest BCUT2D eigenvalue weighted by Crippen LogP contribution is -2.26. The van der Waals surface area contributed by atoms with Crippen molar-refractivity contribution in [2.24, 2.45) is 0 Å². The van der Waals surface area contributed by atoms with Crippen molar-refractivity contribution in [1.82, 2.24) is 9.97 Å². The molecular weight excluding hydrogens is 280 g/mol. The Hall–Kier alpha value is -1.95. The molecule has 0 aromatic carbocycles. The zero-order valence-electron chi connectivity index (χ0n) is 12.9. The van der Waals surface area contributed by atoms with Crippen molar-refractivity contribution >= 4 is 23.5 Å². The summed E-state index contributed by atoms with van der Waals surface area (Å²) in [6.45, 7) is 3.58. The van der Waals surface area contributed by atoms with Gasteiger partial charge in [-0.15, -0.1) is 0 Å². The van der Waals surface area contributed by atoms with Crippen LogP contribution in [0.25, 0.3) is 6.08 Å². The molecule has 1 aromatic heterocycles. The molecule has 0 saturated carbocycles.